The second-order valence-electron chi connectivity index (χ2n) is 20.1. The molecule has 3 aliphatic rings. The number of pyridine rings is 3. The van der Waals surface area contributed by atoms with E-state index in [1.807, 2.05) is 13.0 Å². The molecule has 9 rings (SSSR count). The Hall–Kier alpha value is -6.60. The fraction of sp³-hybridized carbons (Fsp3) is 0.491. The van der Waals surface area contributed by atoms with Crippen LogP contribution in [-0.4, -0.2) is 63.4 Å². The number of rotatable bonds is 19. The van der Waals surface area contributed by atoms with Crippen LogP contribution in [0, 0.1) is 70.6 Å². The molecule has 0 amide bonds. The van der Waals surface area contributed by atoms with Gasteiger partial charge in [0.1, 0.15) is 15.3 Å². The van der Waals surface area contributed by atoms with E-state index in [1.165, 1.54) is 19.0 Å². The number of nitrogens with one attached hydrogen (secondary N) is 2. The lowest BCUT2D eigenvalue weighted by Gasteiger charge is -2.19. The van der Waals surface area contributed by atoms with Crippen molar-refractivity contribution >= 4 is 76.5 Å². The van der Waals surface area contributed by atoms with E-state index in [-0.39, 0.29) is 63.7 Å². The Balaban J connectivity index is 0.000000187. The smallest absolute Gasteiger partial charge is 0.388 e. The summed E-state index contributed by atoms with van der Waals surface area (Å²) in [6.45, 7) is 7.11. The molecule has 6 heterocycles. The van der Waals surface area contributed by atoms with Gasteiger partial charge in [-0.15, -0.1) is 0 Å². The van der Waals surface area contributed by atoms with Crippen molar-refractivity contribution in [2.24, 2.45) is 17.8 Å². The van der Waals surface area contributed by atoms with Crippen LogP contribution in [0.4, 0.5) is 55.0 Å². The van der Waals surface area contributed by atoms with E-state index in [1.54, 1.807) is 85.8 Å². The highest BCUT2D eigenvalue weighted by molar-refractivity contribution is 9.11. The van der Waals surface area contributed by atoms with Crippen LogP contribution in [0.2, 0.25) is 0 Å². The number of hydrogen-bond acceptors (Lipinski definition) is 16. The van der Waals surface area contributed by atoms with Crippen molar-refractivity contribution in [3.8, 4) is 23.7 Å². The maximum atomic E-state index is 13.0. The van der Waals surface area contributed by atoms with Crippen LogP contribution in [0.3, 0.4) is 0 Å². The normalized spacial score (nSPS) is 14.7. The van der Waals surface area contributed by atoms with Crippen LogP contribution < -0.4 is 47.3 Å². The molecule has 0 saturated heterocycles. The molecule has 0 radical (unpaired) electrons. The first-order valence-corrected chi connectivity index (χ1v) is 29.0. The number of nitriles is 1. The van der Waals surface area contributed by atoms with Gasteiger partial charge < -0.3 is 44.3 Å². The van der Waals surface area contributed by atoms with Crippen LogP contribution in [-0.2, 0) is 0 Å². The molecule has 0 aromatic carbocycles. The van der Waals surface area contributed by atoms with E-state index >= 15 is 0 Å². The van der Waals surface area contributed by atoms with Crippen LogP contribution in [0.5, 0.6) is 17.6 Å². The molecule has 0 spiro atoms. The maximum absolute atomic E-state index is 13.0. The number of alkyl halides is 6. The van der Waals surface area contributed by atoms with Crippen LogP contribution in [0.25, 0.3) is 0 Å². The molecular formula is C55H64Br3F6N13O6. The van der Waals surface area contributed by atoms with Gasteiger partial charge in [-0.25, -0.2) is 29.9 Å². The molecular weight excluding hydrogens is 1290 g/mol. The Morgan fingerprint density at radius 2 is 0.904 bits per heavy atom. The van der Waals surface area contributed by atoms with Gasteiger partial charge in [0.2, 0.25) is 17.6 Å². The SMILES string of the molecule is CC[C@H](C1CC1)n1cc(Br)nc(Br)c1=O.CC[C@H](C1CC1)n1cc(Br)nc(Nc2cc(C)c(OC(F)F)nc2C)c1=O.CC[C@H](C1CC1)n1cc(C#N)nc(Nc2cc(C)c(OC(F)F)nc2C)c1=O.Cc1cc(N)c(C)nc1OC(F)F. The van der Waals surface area contributed by atoms with Crippen LogP contribution in [0.1, 0.15) is 136 Å². The lowest BCUT2D eigenvalue weighted by atomic mass is 10.1. The van der Waals surface area contributed by atoms with Gasteiger partial charge in [0.25, 0.3) is 16.7 Å². The fourth-order valence-corrected chi connectivity index (χ4v) is 10.7. The zero-order valence-electron chi connectivity index (χ0n) is 46.9. The predicted molar refractivity (Wildman–Crippen MR) is 311 cm³/mol. The Bertz CT molecular complexity index is 3480. The average Bonchev–Trinajstić information content (AvgIpc) is 4.20. The average molecular weight is 1360 g/mol. The third kappa shape index (κ3) is 18.0. The first-order valence-electron chi connectivity index (χ1n) is 26.6. The van der Waals surface area contributed by atoms with E-state index in [9.17, 15) is 46.0 Å². The van der Waals surface area contributed by atoms with Gasteiger partial charge in [-0.2, -0.15) is 31.6 Å². The maximum Gasteiger partial charge on any atom is 0.388 e. The Kier molecular flexibility index (Phi) is 23.1. The minimum absolute atomic E-state index is 0.00461. The van der Waals surface area contributed by atoms with Gasteiger partial charge in [-0.1, -0.05) is 20.8 Å². The Morgan fingerprint density at radius 3 is 1.28 bits per heavy atom. The molecule has 0 bridgehead atoms. The van der Waals surface area contributed by atoms with E-state index in [0.29, 0.717) is 88.4 Å². The summed E-state index contributed by atoms with van der Waals surface area (Å²) in [4.78, 5) is 62.1. The quantitative estimate of drug-likeness (QED) is 0.0638. The molecule has 448 valence electrons. The highest BCUT2D eigenvalue weighted by Gasteiger charge is 2.35. The molecule has 19 nitrogen and oxygen atoms in total. The first-order chi connectivity index (χ1) is 39.3. The zero-order valence-corrected chi connectivity index (χ0v) is 51.7. The summed E-state index contributed by atoms with van der Waals surface area (Å²) >= 11 is 9.87. The summed E-state index contributed by atoms with van der Waals surface area (Å²) in [7, 11) is 0. The van der Waals surface area contributed by atoms with Crippen molar-refractivity contribution in [3.63, 3.8) is 0 Å². The molecule has 4 N–H and O–H groups in total. The van der Waals surface area contributed by atoms with E-state index in [2.05, 4.69) is 116 Å². The number of hydrogen-bond donors (Lipinski definition) is 3. The molecule has 0 unspecified atom stereocenters. The van der Waals surface area contributed by atoms with Gasteiger partial charge in [-0.3, -0.25) is 14.4 Å². The second-order valence-corrected chi connectivity index (χ2v) is 22.5. The molecule has 3 fully saturated rings. The Labute approximate surface area is 500 Å². The summed E-state index contributed by atoms with van der Waals surface area (Å²) in [6.07, 6.45) is 14.5. The molecule has 3 aliphatic carbocycles. The molecule has 0 aliphatic heterocycles. The van der Waals surface area contributed by atoms with Gasteiger partial charge in [0.05, 0.1) is 34.1 Å². The standard InChI is InChI=1S/C19H21F2N5O2.C18H21BrF2N4O2.C10H12Br2N2O.C8H10F2N2O/c1-4-15(12-5-6-12)26-9-13(8-22)24-16(18(26)27)25-14-7-10(2)17(23-11(14)3)28-19(20)21;1-4-13(11-5-6-11)25-8-14(19)24-15(17(25)26)23-12-7-9(2)16(22-10(12)3)27-18(20)21;1-2-7(6-3-4-6)14-5-8(11)13-9(12)10(14)15;1-4-3-6(11)5(2)12-7(4)13-8(9)10/h7,9,12,15,19H,4-6H2,1-3H3,(H,24,25);7-8,11,13,18H,4-6H2,1-3H3,(H,23,24);5-7H,2-4H2,1H3;3,8H,11H2,1-2H3/t15-;13-;7-;/m111./s1. The second kappa shape index (κ2) is 29.3. The van der Waals surface area contributed by atoms with Crippen molar-refractivity contribution in [1.29, 1.82) is 5.26 Å². The minimum Gasteiger partial charge on any atom is -0.417 e. The lowest BCUT2D eigenvalue weighted by Crippen LogP contribution is -2.29. The van der Waals surface area contributed by atoms with Crippen LogP contribution >= 0.6 is 47.8 Å². The number of halogens is 9. The molecule has 6 aromatic rings. The zero-order chi connectivity index (χ0) is 61.1. The summed E-state index contributed by atoms with van der Waals surface area (Å²) in [5.41, 5.74) is 9.08. The Morgan fingerprint density at radius 1 is 0.554 bits per heavy atom. The first kappa shape index (κ1) is 65.6. The predicted octanol–water partition coefficient (Wildman–Crippen LogP) is 13.6. The minimum atomic E-state index is -2.97. The van der Waals surface area contributed by atoms with E-state index in [4.69, 9.17) is 5.73 Å². The monoisotopic (exact) mass is 1350 g/mol. The van der Waals surface area contributed by atoms with Crippen molar-refractivity contribution < 1.29 is 40.6 Å². The number of nitrogens with zero attached hydrogens (tertiary/aromatic N) is 10. The number of ether oxygens (including phenoxy) is 3. The van der Waals surface area contributed by atoms with Crippen molar-refractivity contribution in [3.05, 3.63) is 121 Å². The van der Waals surface area contributed by atoms with Gasteiger partial charge in [-0.05, 0) is 183 Å². The molecule has 3 saturated carbocycles. The fourth-order valence-electron chi connectivity index (χ4n) is 9.30. The van der Waals surface area contributed by atoms with E-state index < -0.39 is 19.8 Å². The molecule has 28 heteroatoms. The van der Waals surface area contributed by atoms with Gasteiger partial charge in [0.15, 0.2) is 21.9 Å². The lowest BCUT2D eigenvalue weighted by molar-refractivity contribution is -0.0540. The summed E-state index contributed by atoms with van der Waals surface area (Å²) < 4.78 is 93.3. The van der Waals surface area contributed by atoms with Crippen molar-refractivity contribution in [2.45, 2.75) is 158 Å². The third-order valence-electron chi connectivity index (χ3n) is 13.9. The highest BCUT2D eigenvalue weighted by Crippen LogP contribution is 2.43. The summed E-state index contributed by atoms with van der Waals surface area (Å²) in [5.74, 6) is 1.42. The summed E-state index contributed by atoms with van der Waals surface area (Å²) in [6, 6.07) is 7.20. The number of anilines is 5. The number of nitrogens with two attached hydrogens (primary N) is 1. The van der Waals surface area contributed by atoms with Gasteiger partial charge in [0, 0.05) is 53.4 Å². The number of nitrogen functional groups attached to an aromatic ring is 1. The molecule has 83 heavy (non-hydrogen) atoms. The molecule has 6 aromatic heterocycles. The van der Waals surface area contributed by atoms with Crippen molar-refractivity contribution in [2.75, 3.05) is 16.4 Å². The number of aromatic nitrogens is 9. The van der Waals surface area contributed by atoms with Crippen LogP contribution in [0.15, 0.2) is 65.0 Å². The molecule has 3 atom stereocenters. The third-order valence-corrected chi connectivity index (χ3v) is 15.1. The van der Waals surface area contributed by atoms with Gasteiger partial charge >= 0.3 is 19.8 Å². The largest absolute Gasteiger partial charge is 0.417 e. The summed E-state index contributed by atoms with van der Waals surface area (Å²) in [5, 5.41) is 15.2. The van der Waals surface area contributed by atoms with E-state index in [0.717, 1.165) is 44.9 Å². The highest BCUT2D eigenvalue weighted by atomic mass is 79.9. The topological polar surface area (TPSA) is 245 Å². The number of aryl methyl sites for hydroxylation is 6. The van der Waals surface area contributed by atoms with Crippen molar-refractivity contribution in [1.82, 2.24) is 43.6 Å².